The SMILES string of the molecule is C=C(CCCCCCCCCC)C(CC(=O)NCCCCCCCCCCCC)C(N)=O. The van der Waals surface area contributed by atoms with Crippen LogP contribution in [-0.4, -0.2) is 18.4 Å². The molecular formula is C28H54N2O2. The van der Waals surface area contributed by atoms with E-state index < -0.39 is 11.8 Å². The Bertz CT molecular complexity index is 476. The summed E-state index contributed by atoms with van der Waals surface area (Å²) in [5, 5.41) is 2.96. The van der Waals surface area contributed by atoms with Gasteiger partial charge in [0.1, 0.15) is 0 Å². The van der Waals surface area contributed by atoms with Gasteiger partial charge in [-0.3, -0.25) is 9.59 Å². The molecule has 0 spiro atoms. The third kappa shape index (κ3) is 19.4. The predicted octanol–water partition coefficient (Wildman–Crippen LogP) is 7.60. The first-order valence-electron chi connectivity index (χ1n) is 13.8. The van der Waals surface area contributed by atoms with Crippen LogP contribution in [0.5, 0.6) is 0 Å². The molecule has 4 heteroatoms. The molecule has 0 radical (unpaired) electrons. The van der Waals surface area contributed by atoms with Crippen molar-refractivity contribution in [1.82, 2.24) is 5.32 Å². The van der Waals surface area contributed by atoms with Crippen molar-refractivity contribution >= 4 is 11.8 Å². The standard InChI is InChI=1S/C28H54N2O2/c1-4-6-8-10-12-14-15-17-19-21-23-30-27(31)24-26(28(29)32)25(3)22-20-18-16-13-11-9-7-5-2/h26H,3-24H2,1-2H3,(H2,29,32)(H,30,31). The minimum atomic E-state index is -0.535. The minimum absolute atomic E-state index is 0.0817. The highest BCUT2D eigenvalue weighted by atomic mass is 16.2. The van der Waals surface area contributed by atoms with E-state index in [9.17, 15) is 9.59 Å². The molecule has 188 valence electrons. The van der Waals surface area contributed by atoms with Crippen LogP contribution in [0.2, 0.25) is 0 Å². The molecule has 3 N–H and O–H groups in total. The lowest BCUT2D eigenvalue weighted by Crippen LogP contribution is -2.32. The average molecular weight is 451 g/mol. The Balaban J connectivity index is 3.80. The lowest BCUT2D eigenvalue weighted by Gasteiger charge is -2.16. The van der Waals surface area contributed by atoms with Gasteiger partial charge in [-0.1, -0.05) is 129 Å². The van der Waals surface area contributed by atoms with E-state index in [2.05, 4.69) is 25.7 Å². The molecule has 32 heavy (non-hydrogen) atoms. The number of nitrogens with two attached hydrogens (primary N) is 1. The highest BCUT2D eigenvalue weighted by molar-refractivity contribution is 5.86. The van der Waals surface area contributed by atoms with Crippen LogP contribution in [0.3, 0.4) is 0 Å². The summed E-state index contributed by atoms with van der Waals surface area (Å²) >= 11 is 0. The van der Waals surface area contributed by atoms with Crippen molar-refractivity contribution in [3.05, 3.63) is 12.2 Å². The molecule has 0 aromatic carbocycles. The number of unbranched alkanes of at least 4 members (excludes halogenated alkanes) is 16. The summed E-state index contributed by atoms with van der Waals surface area (Å²) in [6, 6.07) is 0. The second kappa shape index (κ2) is 22.9. The minimum Gasteiger partial charge on any atom is -0.369 e. The van der Waals surface area contributed by atoms with E-state index in [1.165, 1.54) is 89.9 Å². The van der Waals surface area contributed by atoms with Crippen LogP contribution in [0.4, 0.5) is 0 Å². The fraction of sp³-hybridized carbons (Fsp3) is 0.857. The number of rotatable bonds is 24. The van der Waals surface area contributed by atoms with Gasteiger partial charge in [0, 0.05) is 13.0 Å². The van der Waals surface area contributed by atoms with Gasteiger partial charge in [-0.05, 0) is 19.3 Å². The Kier molecular flexibility index (Phi) is 21.9. The molecule has 0 aromatic heterocycles. The maximum atomic E-state index is 12.3. The van der Waals surface area contributed by atoms with Crippen molar-refractivity contribution in [2.45, 2.75) is 142 Å². The Morgan fingerprint density at radius 1 is 0.688 bits per heavy atom. The molecule has 0 aliphatic heterocycles. The molecule has 0 aliphatic carbocycles. The topological polar surface area (TPSA) is 72.2 Å². The second-order valence-corrected chi connectivity index (χ2v) is 9.57. The van der Waals surface area contributed by atoms with Crippen molar-refractivity contribution < 1.29 is 9.59 Å². The number of carbonyl (C=O) groups excluding carboxylic acids is 2. The lowest BCUT2D eigenvalue weighted by molar-refractivity contribution is -0.127. The van der Waals surface area contributed by atoms with E-state index in [4.69, 9.17) is 5.73 Å². The fourth-order valence-corrected chi connectivity index (χ4v) is 4.20. The molecule has 2 amide bonds. The maximum Gasteiger partial charge on any atom is 0.225 e. The van der Waals surface area contributed by atoms with Crippen LogP contribution in [-0.2, 0) is 9.59 Å². The van der Waals surface area contributed by atoms with E-state index in [1.807, 2.05) is 0 Å². The fourth-order valence-electron chi connectivity index (χ4n) is 4.20. The first-order valence-corrected chi connectivity index (χ1v) is 13.8. The van der Waals surface area contributed by atoms with Crippen molar-refractivity contribution in [2.75, 3.05) is 6.54 Å². The van der Waals surface area contributed by atoms with Crippen LogP contribution < -0.4 is 11.1 Å². The van der Waals surface area contributed by atoms with Crippen LogP contribution in [0, 0.1) is 5.92 Å². The number of amides is 2. The van der Waals surface area contributed by atoms with Crippen molar-refractivity contribution in [1.29, 1.82) is 0 Å². The molecule has 0 saturated heterocycles. The third-order valence-electron chi connectivity index (χ3n) is 6.43. The summed E-state index contributed by atoms with van der Waals surface area (Å²) in [4.78, 5) is 24.1. The molecule has 0 rings (SSSR count). The van der Waals surface area contributed by atoms with Crippen LogP contribution in [0.1, 0.15) is 142 Å². The molecular weight excluding hydrogens is 396 g/mol. The zero-order valence-electron chi connectivity index (χ0n) is 21.5. The van der Waals surface area contributed by atoms with Crippen LogP contribution in [0.25, 0.3) is 0 Å². The molecule has 0 heterocycles. The van der Waals surface area contributed by atoms with Gasteiger partial charge < -0.3 is 11.1 Å². The number of carbonyl (C=O) groups is 2. The molecule has 0 saturated carbocycles. The first kappa shape index (κ1) is 30.7. The zero-order chi connectivity index (χ0) is 23.9. The largest absolute Gasteiger partial charge is 0.369 e. The van der Waals surface area contributed by atoms with Gasteiger partial charge in [0.05, 0.1) is 5.92 Å². The van der Waals surface area contributed by atoms with Crippen LogP contribution >= 0.6 is 0 Å². The summed E-state index contributed by atoms with van der Waals surface area (Å²) in [6.07, 6.45) is 23.7. The van der Waals surface area contributed by atoms with Gasteiger partial charge in [-0.15, -0.1) is 0 Å². The Labute approximate surface area is 199 Å². The second-order valence-electron chi connectivity index (χ2n) is 9.57. The summed E-state index contributed by atoms with van der Waals surface area (Å²) in [7, 11) is 0. The van der Waals surface area contributed by atoms with Crippen LogP contribution in [0.15, 0.2) is 12.2 Å². The van der Waals surface area contributed by atoms with Gasteiger partial charge >= 0.3 is 0 Å². The van der Waals surface area contributed by atoms with E-state index in [0.29, 0.717) is 6.54 Å². The highest BCUT2D eigenvalue weighted by Crippen LogP contribution is 2.20. The van der Waals surface area contributed by atoms with E-state index >= 15 is 0 Å². The first-order chi connectivity index (χ1) is 15.5. The molecule has 0 fully saturated rings. The normalized spacial score (nSPS) is 11.9. The number of primary amides is 1. The molecule has 1 unspecified atom stereocenters. The molecule has 0 bridgehead atoms. The Hall–Kier alpha value is -1.32. The summed E-state index contributed by atoms with van der Waals surface area (Å²) in [5.41, 5.74) is 6.38. The highest BCUT2D eigenvalue weighted by Gasteiger charge is 2.22. The van der Waals surface area contributed by atoms with Gasteiger partial charge in [0.2, 0.25) is 11.8 Å². The average Bonchev–Trinajstić information content (AvgIpc) is 2.77. The van der Waals surface area contributed by atoms with Gasteiger partial charge in [0.15, 0.2) is 0 Å². The van der Waals surface area contributed by atoms with Crippen molar-refractivity contribution in [3.63, 3.8) is 0 Å². The van der Waals surface area contributed by atoms with Crippen molar-refractivity contribution in [2.24, 2.45) is 11.7 Å². The van der Waals surface area contributed by atoms with Gasteiger partial charge in [-0.2, -0.15) is 0 Å². The third-order valence-corrected chi connectivity index (χ3v) is 6.43. The van der Waals surface area contributed by atoms with E-state index in [1.54, 1.807) is 0 Å². The molecule has 0 aromatic rings. The lowest BCUT2D eigenvalue weighted by atomic mass is 9.91. The summed E-state index contributed by atoms with van der Waals surface area (Å²) in [6.45, 7) is 9.24. The van der Waals surface area contributed by atoms with Gasteiger partial charge in [-0.25, -0.2) is 0 Å². The van der Waals surface area contributed by atoms with Gasteiger partial charge in [0.25, 0.3) is 0 Å². The predicted molar refractivity (Wildman–Crippen MR) is 139 cm³/mol. The number of nitrogens with one attached hydrogen (secondary N) is 1. The number of hydrogen-bond acceptors (Lipinski definition) is 2. The Morgan fingerprint density at radius 3 is 1.53 bits per heavy atom. The monoisotopic (exact) mass is 450 g/mol. The number of hydrogen-bond donors (Lipinski definition) is 2. The quantitative estimate of drug-likeness (QED) is 0.117. The zero-order valence-corrected chi connectivity index (χ0v) is 21.5. The van der Waals surface area contributed by atoms with E-state index in [-0.39, 0.29) is 12.3 Å². The summed E-state index contributed by atoms with van der Waals surface area (Å²) in [5.74, 6) is -1.04. The Morgan fingerprint density at radius 2 is 1.09 bits per heavy atom. The molecule has 1 atom stereocenters. The van der Waals surface area contributed by atoms with E-state index in [0.717, 1.165) is 37.7 Å². The maximum absolute atomic E-state index is 12.3. The smallest absolute Gasteiger partial charge is 0.225 e. The molecule has 4 nitrogen and oxygen atoms in total. The van der Waals surface area contributed by atoms with Crippen molar-refractivity contribution in [3.8, 4) is 0 Å². The molecule has 0 aliphatic rings. The summed E-state index contributed by atoms with van der Waals surface area (Å²) < 4.78 is 0.